The van der Waals surface area contributed by atoms with Crippen molar-refractivity contribution in [2.45, 2.75) is 103 Å². The molecule has 9 rings (SSSR count). The number of alkyl halides is 3. The van der Waals surface area contributed by atoms with Gasteiger partial charge in [-0.15, -0.1) is 21.5 Å². The summed E-state index contributed by atoms with van der Waals surface area (Å²) in [6.45, 7) is 13.7. The minimum Gasteiger partial charge on any atom is -0.359 e. The maximum Gasteiger partial charge on any atom is 0.453 e. The number of pyridine rings is 1. The fourth-order valence-electron chi connectivity index (χ4n) is 9.93. The smallest absolute Gasteiger partial charge is 0.359 e. The molecule has 2 N–H and O–H groups in total. The molecule has 19 heteroatoms. The number of fused-ring (bicyclic) bond motifs is 1. The third kappa shape index (κ3) is 11.8. The SMILES string of the molecule is Cc1ncsc1-c1ccc(CNC(=O)[C@@H]2CCCN2C(=O)[C@@H](NC(=O)CCN2CCN(c3ccc(C#Cc4ccc(C5CCN(C6=Nn7c(nnc7C(F)(F)F)CC6)CC5)cc4)cn3)CC2)C(C)(C)C)cc1. The number of rotatable bonds is 11. The topological polar surface area (TPSA) is 157 Å². The van der Waals surface area contributed by atoms with E-state index in [9.17, 15) is 27.6 Å². The highest BCUT2D eigenvalue weighted by molar-refractivity contribution is 7.13. The van der Waals surface area contributed by atoms with Crippen LogP contribution in [0.4, 0.5) is 19.0 Å². The zero-order valence-corrected chi connectivity index (χ0v) is 42.0. The molecule has 0 bridgehead atoms. The predicted octanol–water partition coefficient (Wildman–Crippen LogP) is 6.86. The number of hydrogen-bond donors (Lipinski definition) is 2. The van der Waals surface area contributed by atoms with Gasteiger partial charge in [0.25, 0.3) is 5.82 Å². The van der Waals surface area contributed by atoms with E-state index in [-0.39, 0.29) is 30.0 Å². The first-order valence-electron chi connectivity index (χ1n) is 24.8. The molecule has 0 unspecified atom stereocenters. The zero-order chi connectivity index (χ0) is 50.6. The van der Waals surface area contributed by atoms with Gasteiger partial charge in [0.1, 0.15) is 23.7 Å². The Bertz CT molecular complexity index is 2810. The first kappa shape index (κ1) is 50.3. The molecule has 7 heterocycles. The Hall–Kier alpha value is -6.65. The van der Waals surface area contributed by atoms with Crippen LogP contribution in [0.25, 0.3) is 10.4 Å². The molecule has 72 heavy (non-hydrogen) atoms. The third-order valence-corrected chi connectivity index (χ3v) is 15.1. The van der Waals surface area contributed by atoms with Gasteiger partial charge in [0.2, 0.25) is 17.7 Å². The van der Waals surface area contributed by atoms with Gasteiger partial charge in [-0.05, 0) is 84.9 Å². The first-order chi connectivity index (χ1) is 34.6. The lowest BCUT2D eigenvalue weighted by Gasteiger charge is -2.36. The van der Waals surface area contributed by atoms with E-state index in [1.165, 1.54) is 5.56 Å². The van der Waals surface area contributed by atoms with E-state index in [0.717, 1.165) is 88.8 Å². The summed E-state index contributed by atoms with van der Waals surface area (Å²) in [5.41, 5.74) is 7.23. The normalized spacial score (nSPS) is 18.2. The number of nitrogens with zero attached hydrogens (tertiary/aromatic N) is 10. The molecular formula is C53H61F3N12O3S. The van der Waals surface area contributed by atoms with Crippen molar-refractivity contribution >= 4 is 40.7 Å². The fraction of sp³-hybridized carbons (Fsp3) is 0.472. The van der Waals surface area contributed by atoms with Gasteiger partial charge in [0.05, 0.1) is 16.1 Å². The molecular weight excluding hydrogens is 942 g/mol. The van der Waals surface area contributed by atoms with E-state index >= 15 is 0 Å². The van der Waals surface area contributed by atoms with Crippen molar-refractivity contribution in [3.8, 4) is 22.3 Å². The van der Waals surface area contributed by atoms with Crippen LogP contribution in [0.15, 0.2) is 77.5 Å². The number of carbonyl (C=O) groups excluding carboxylic acids is 3. The molecule has 4 aliphatic heterocycles. The summed E-state index contributed by atoms with van der Waals surface area (Å²) in [6.07, 6.45) is 1.38. The molecule has 0 spiro atoms. The number of anilines is 1. The van der Waals surface area contributed by atoms with Crippen molar-refractivity contribution in [2.75, 3.05) is 57.3 Å². The van der Waals surface area contributed by atoms with Crippen LogP contribution in [0, 0.1) is 24.2 Å². The van der Waals surface area contributed by atoms with E-state index in [1.54, 1.807) is 22.4 Å². The van der Waals surface area contributed by atoms with Gasteiger partial charge in [-0.1, -0.05) is 69.0 Å². The maximum absolute atomic E-state index is 14.1. The molecule has 15 nitrogen and oxygen atoms in total. The highest BCUT2D eigenvalue weighted by Crippen LogP contribution is 2.33. The van der Waals surface area contributed by atoms with Gasteiger partial charge in [0, 0.05) is 95.5 Å². The van der Waals surface area contributed by atoms with Crippen molar-refractivity contribution in [3.63, 3.8) is 0 Å². The lowest BCUT2D eigenvalue weighted by Crippen LogP contribution is -2.58. The molecule has 3 saturated heterocycles. The van der Waals surface area contributed by atoms with E-state index in [2.05, 4.69) is 69.6 Å². The van der Waals surface area contributed by atoms with Gasteiger partial charge >= 0.3 is 6.18 Å². The van der Waals surface area contributed by atoms with Gasteiger partial charge in [0.15, 0.2) is 5.82 Å². The standard InChI is InChI=1S/C53H61F3N12O3S/c1-35-47(72-34-59-35)41-16-11-38(12-17-41)33-58-49(70)42-6-5-24-67(42)50(71)48(52(2,3)4)60-46(69)23-25-64-28-30-66(31-29-64)43-18-13-37(32-57-43)8-7-36-9-14-39(15-10-36)40-21-26-65(27-22-40)45-20-19-44-61-62-51(53(54,55)56)68(44)63-45/h9-18,32,34,40,42,48H,5-6,19-31,33H2,1-4H3,(H,58,70)(H,60,69)/t42-,48+/m0/s1. The number of benzene rings is 2. The number of halogens is 3. The number of nitrogens with one attached hydrogen (secondary N) is 2. The number of piperidine rings is 1. The number of piperazine rings is 1. The average molecular weight is 1000 g/mol. The van der Waals surface area contributed by atoms with E-state index in [4.69, 9.17) is 4.98 Å². The number of aromatic nitrogens is 5. The van der Waals surface area contributed by atoms with Crippen LogP contribution < -0.4 is 15.5 Å². The van der Waals surface area contributed by atoms with E-state index in [1.807, 2.05) is 81.7 Å². The van der Waals surface area contributed by atoms with Crippen molar-refractivity contribution in [1.82, 2.24) is 50.2 Å². The average Bonchev–Trinajstić information content (AvgIpc) is 4.17. The quantitative estimate of drug-likeness (QED) is 0.134. The second kappa shape index (κ2) is 21.6. The molecule has 4 aliphatic rings. The minimum atomic E-state index is -4.61. The lowest BCUT2D eigenvalue weighted by atomic mass is 9.85. The molecule has 2 atom stereocenters. The Balaban J connectivity index is 0.696. The summed E-state index contributed by atoms with van der Waals surface area (Å²) < 4.78 is 41.1. The molecule has 2 aromatic carbocycles. The number of amidine groups is 1. The Morgan fingerprint density at radius 2 is 1.54 bits per heavy atom. The van der Waals surface area contributed by atoms with Gasteiger partial charge in [-0.25, -0.2) is 9.97 Å². The molecule has 0 radical (unpaired) electrons. The summed E-state index contributed by atoms with van der Waals surface area (Å²) >= 11 is 1.60. The van der Waals surface area contributed by atoms with Crippen molar-refractivity contribution in [1.29, 1.82) is 0 Å². The number of hydrogen-bond acceptors (Lipinski definition) is 12. The summed E-state index contributed by atoms with van der Waals surface area (Å²) in [4.78, 5) is 59.5. The Kier molecular flexibility index (Phi) is 15.1. The van der Waals surface area contributed by atoms with E-state index in [0.29, 0.717) is 63.7 Å². The summed E-state index contributed by atoms with van der Waals surface area (Å²) in [5.74, 6) is 6.89. The Morgan fingerprint density at radius 1 is 0.819 bits per heavy atom. The number of aryl methyl sites for hydroxylation is 2. The number of thiazole rings is 1. The van der Waals surface area contributed by atoms with Crippen LogP contribution >= 0.6 is 11.3 Å². The highest BCUT2D eigenvalue weighted by atomic mass is 32.1. The van der Waals surface area contributed by atoms with Crippen molar-refractivity contribution in [2.24, 2.45) is 10.5 Å². The molecule has 3 fully saturated rings. The van der Waals surface area contributed by atoms with Crippen molar-refractivity contribution in [3.05, 3.63) is 112 Å². The van der Waals surface area contributed by atoms with Gasteiger partial charge in [-0.3, -0.25) is 19.3 Å². The van der Waals surface area contributed by atoms with E-state index < -0.39 is 29.5 Å². The molecule has 378 valence electrons. The van der Waals surface area contributed by atoms with Crippen LogP contribution in [-0.2, 0) is 33.5 Å². The summed E-state index contributed by atoms with van der Waals surface area (Å²) in [7, 11) is 0. The van der Waals surface area contributed by atoms with Crippen LogP contribution in [0.3, 0.4) is 0 Å². The van der Waals surface area contributed by atoms with Crippen LogP contribution in [-0.4, -0.2) is 128 Å². The number of likely N-dealkylation sites (tertiary alicyclic amines) is 2. The van der Waals surface area contributed by atoms with Crippen molar-refractivity contribution < 1.29 is 27.6 Å². The summed E-state index contributed by atoms with van der Waals surface area (Å²) in [6, 6.07) is 19.0. The van der Waals surface area contributed by atoms with Crippen LogP contribution in [0.5, 0.6) is 0 Å². The first-order valence-corrected chi connectivity index (χ1v) is 25.7. The second-order valence-electron chi connectivity index (χ2n) is 20.1. The monoisotopic (exact) mass is 1000 g/mol. The van der Waals surface area contributed by atoms with Gasteiger partial charge < -0.3 is 25.3 Å². The Morgan fingerprint density at radius 3 is 2.21 bits per heavy atom. The molecule has 0 aliphatic carbocycles. The largest absolute Gasteiger partial charge is 0.453 e. The highest BCUT2D eigenvalue weighted by Gasteiger charge is 2.42. The lowest BCUT2D eigenvalue weighted by molar-refractivity contribution is -0.147. The molecule has 5 aromatic rings. The zero-order valence-electron chi connectivity index (χ0n) is 41.2. The minimum absolute atomic E-state index is 0.187. The third-order valence-electron chi connectivity index (χ3n) is 14.1. The van der Waals surface area contributed by atoms with Gasteiger partial charge in [-0.2, -0.15) is 22.9 Å². The molecule has 3 aromatic heterocycles. The van der Waals surface area contributed by atoms with Crippen LogP contribution in [0.2, 0.25) is 0 Å². The van der Waals surface area contributed by atoms with Crippen LogP contribution in [0.1, 0.15) is 105 Å². The molecule has 0 saturated carbocycles. The second-order valence-corrected chi connectivity index (χ2v) is 21.0. The fourth-order valence-corrected chi connectivity index (χ4v) is 10.7. The molecule has 3 amide bonds. The predicted molar refractivity (Wildman–Crippen MR) is 270 cm³/mol. The summed E-state index contributed by atoms with van der Waals surface area (Å²) in [5, 5.41) is 17.4. The maximum atomic E-state index is 14.1. The number of amides is 3. The Labute approximate surface area is 422 Å². The number of carbonyl (C=O) groups is 3.